The van der Waals surface area contributed by atoms with E-state index in [0.717, 1.165) is 31.8 Å². The van der Waals surface area contributed by atoms with Crippen LogP contribution in [0.1, 0.15) is 51.2 Å². The molecule has 1 saturated heterocycles. The number of hydrogen-bond donors (Lipinski definition) is 3. The average Bonchev–Trinajstić information content (AvgIpc) is 2.84. The third-order valence-electron chi connectivity index (χ3n) is 3.05. The molecule has 7 nitrogen and oxygen atoms in total. The fourth-order valence-corrected chi connectivity index (χ4v) is 2.12. The van der Waals surface area contributed by atoms with Gasteiger partial charge in [0.15, 0.2) is 5.82 Å². The summed E-state index contributed by atoms with van der Waals surface area (Å²) in [7, 11) is 0. The van der Waals surface area contributed by atoms with Crippen molar-refractivity contribution in [3.8, 4) is 0 Å². The van der Waals surface area contributed by atoms with E-state index < -0.39 is 11.7 Å². The van der Waals surface area contributed by atoms with Crippen LogP contribution in [-0.2, 0) is 11.3 Å². The molecule has 1 aliphatic rings. The number of nitrogens with one attached hydrogen (secondary N) is 3. The molecular weight excluding hydrogens is 258 g/mol. The Kier molecular flexibility index (Phi) is 4.59. The third-order valence-corrected chi connectivity index (χ3v) is 3.05. The van der Waals surface area contributed by atoms with Crippen molar-refractivity contribution < 1.29 is 9.53 Å². The first-order valence-electron chi connectivity index (χ1n) is 7.03. The maximum Gasteiger partial charge on any atom is 0.408 e. The highest BCUT2D eigenvalue weighted by Crippen LogP contribution is 2.21. The summed E-state index contributed by atoms with van der Waals surface area (Å²) in [5, 5.41) is 13.1. The fourth-order valence-electron chi connectivity index (χ4n) is 2.12. The van der Waals surface area contributed by atoms with E-state index >= 15 is 0 Å². The van der Waals surface area contributed by atoms with Crippen molar-refractivity contribution >= 4 is 6.09 Å². The van der Waals surface area contributed by atoms with E-state index in [1.165, 1.54) is 0 Å². The fraction of sp³-hybridized carbons (Fsp3) is 0.769. The van der Waals surface area contributed by atoms with Crippen molar-refractivity contribution in [2.45, 2.75) is 51.7 Å². The Hall–Kier alpha value is -1.63. The van der Waals surface area contributed by atoms with Crippen molar-refractivity contribution in [2.24, 2.45) is 0 Å². The van der Waals surface area contributed by atoms with E-state index in [1.54, 1.807) is 0 Å². The maximum atomic E-state index is 11.5. The van der Waals surface area contributed by atoms with E-state index in [2.05, 4.69) is 25.8 Å². The number of H-pyrrole nitrogens is 1. The second-order valence-corrected chi connectivity index (χ2v) is 6.02. The molecule has 0 unspecified atom stereocenters. The number of hydrogen-bond acceptors (Lipinski definition) is 5. The molecule has 7 heteroatoms. The molecule has 0 aliphatic carbocycles. The molecule has 1 aromatic rings. The van der Waals surface area contributed by atoms with Crippen LogP contribution in [0, 0.1) is 0 Å². The van der Waals surface area contributed by atoms with E-state index in [-0.39, 0.29) is 0 Å². The van der Waals surface area contributed by atoms with Gasteiger partial charge in [0.1, 0.15) is 11.4 Å². The second-order valence-electron chi connectivity index (χ2n) is 6.02. The van der Waals surface area contributed by atoms with Gasteiger partial charge in [-0.2, -0.15) is 5.10 Å². The SMILES string of the molecule is CC(C)(C)OC(=O)NCc1nc(C2CCNCC2)n[nH]1. The minimum Gasteiger partial charge on any atom is -0.444 e. The zero-order valence-electron chi connectivity index (χ0n) is 12.3. The summed E-state index contributed by atoms with van der Waals surface area (Å²) >= 11 is 0. The van der Waals surface area contributed by atoms with Crippen molar-refractivity contribution in [3.63, 3.8) is 0 Å². The first-order chi connectivity index (χ1) is 9.44. The van der Waals surface area contributed by atoms with Gasteiger partial charge in [-0.05, 0) is 46.7 Å². The van der Waals surface area contributed by atoms with Gasteiger partial charge in [0.2, 0.25) is 0 Å². The summed E-state index contributed by atoms with van der Waals surface area (Å²) in [5.41, 5.74) is -0.494. The molecule has 0 aromatic carbocycles. The van der Waals surface area contributed by atoms with Crippen LogP contribution in [0.2, 0.25) is 0 Å². The number of aromatic nitrogens is 3. The van der Waals surface area contributed by atoms with Gasteiger partial charge in [0, 0.05) is 5.92 Å². The van der Waals surface area contributed by atoms with Crippen LogP contribution in [0.5, 0.6) is 0 Å². The second kappa shape index (κ2) is 6.21. The summed E-state index contributed by atoms with van der Waals surface area (Å²) in [5.74, 6) is 1.90. The van der Waals surface area contributed by atoms with Gasteiger partial charge in [-0.15, -0.1) is 0 Å². The van der Waals surface area contributed by atoms with Crippen LogP contribution < -0.4 is 10.6 Å². The molecule has 1 amide bonds. The summed E-state index contributed by atoms with van der Waals surface area (Å²) < 4.78 is 5.16. The zero-order chi connectivity index (χ0) is 14.6. The Labute approximate surface area is 118 Å². The Morgan fingerprint density at radius 1 is 1.40 bits per heavy atom. The predicted molar refractivity (Wildman–Crippen MR) is 74.3 cm³/mol. The van der Waals surface area contributed by atoms with Gasteiger partial charge < -0.3 is 15.4 Å². The highest BCUT2D eigenvalue weighted by atomic mass is 16.6. The van der Waals surface area contributed by atoms with Crippen LogP contribution in [-0.4, -0.2) is 40.0 Å². The van der Waals surface area contributed by atoms with E-state index in [9.17, 15) is 4.79 Å². The largest absolute Gasteiger partial charge is 0.444 e. The topological polar surface area (TPSA) is 91.9 Å². The van der Waals surface area contributed by atoms with E-state index in [0.29, 0.717) is 18.3 Å². The van der Waals surface area contributed by atoms with Gasteiger partial charge in [-0.25, -0.2) is 9.78 Å². The van der Waals surface area contributed by atoms with Crippen LogP contribution >= 0.6 is 0 Å². The monoisotopic (exact) mass is 281 g/mol. The quantitative estimate of drug-likeness (QED) is 0.776. The van der Waals surface area contributed by atoms with Gasteiger partial charge in [0.25, 0.3) is 0 Å². The van der Waals surface area contributed by atoms with Crippen molar-refractivity contribution in [1.82, 2.24) is 25.8 Å². The van der Waals surface area contributed by atoms with Crippen molar-refractivity contribution in [3.05, 3.63) is 11.6 Å². The molecule has 1 aliphatic heterocycles. The van der Waals surface area contributed by atoms with Gasteiger partial charge >= 0.3 is 6.09 Å². The first-order valence-corrected chi connectivity index (χ1v) is 7.03. The summed E-state index contributed by atoms with van der Waals surface area (Å²) in [6, 6.07) is 0. The van der Waals surface area contributed by atoms with Gasteiger partial charge in [-0.1, -0.05) is 0 Å². The molecule has 1 fully saturated rings. The number of carbonyl (C=O) groups is 1. The van der Waals surface area contributed by atoms with Crippen LogP contribution in [0.15, 0.2) is 0 Å². The Morgan fingerprint density at radius 2 is 2.10 bits per heavy atom. The molecular formula is C13H23N5O2. The zero-order valence-corrected chi connectivity index (χ0v) is 12.3. The molecule has 0 bridgehead atoms. The Morgan fingerprint density at radius 3 is 2.75 bits per heavy atom. The molecule has 2 heterocycles. The molecule has 0 radical (unpaired) electrons. The molecule has 20 heavy (non-hydrogen) atoms. The van der Waals surface area contributed by atoms with Gasteiger partial charge in [-0.3, -0.25) is 5.10 Å². The average molecular weight is 281 g/mol. The predicted octanol–water partition coefficient (Wildman–Crippen LogP) is 1.30. The lowest BCUT2D eigenvalue weighted by Crippen LogP contribution is -2.32. The number of rotatable bonds is 3. The van der Waals surface area contributed by atoms with Crippen molar-refractivity contribution in [2.75, 3.05) is 13.1 Å². The van der Waals surface area contributed by atoms with Crippen LogP contribution in [0.25, 0.3) is 0 Å². The molecule has 112 valence electrons. The normalized spacial score (nSPS) is 16.9. The van der Waals surface area contributed by atoms with Crippen LogP contribution in [0.3, 0.4) is 0 Å². The highest BCUT2D eigenvalue weighted by Gasteiger charge is 2.20. The lowest BCUT2D eigenvalue weighted by Gasteiger charge is -2.19. The maximum absolute atomic E-state index is 11.5. The number of aromatic amines is 1. The molecule has 1 aromatic heterocycles. The molecule has 0 spiro atoms. The number of carbonyl (C=O) groups excluding carboxylic acids is 1. The minimum atomic E-state index is -0.494. The summed E-state index contributed by atoms with van der Waals surface area (Å²) in [4.78, 5) is 16.0. The Balaban J connectivity index is 1.82. The molecule has 3 N–H and O–H groups in total. The minimum absolute atomic E-state index is 0.298. The van der Waals surface area contributed by atoms with Crippen molar-refractivity contribution in [1.29, 1.82) is 0 Å². The highest BCUT2D eigenvalue weighted by molar-refractivity contribution is 5.67. The molecule has 0 atom stereocenters. The lowest BCUT2D eigenvalue weighted by molar-refractivity contribution is 0.0522. The number of amides is 1. The standard InChI is InChI=1S/C13H23N5O2/c1-13(2,3)20-12(19)15-8-10-16-11(18-17-10)9-4-6-14-7-5-9/h9,14H,4-8H2,1-3H3,(H,15,19)(H,16,17,18). The summed E-state index contributed by atoms with van der Waals surface area (Å²) in [6.07, 6.45) is 1.66. The molecule has 0 saturated carbocycles. The van der Waals surface area contributed by atoms with Crippen LogP contribution in [0.4, 0.5) is 4.79 Å². The van der Waals surface area contributed by atoms with E-state index in [4.69, 9.17) is 4.74 Å². The third kappa shape index (κ3) is 4.48. The smallest absolute Gasteiger partial charge is 0.408 e. The van der Waals surface area contributed by atoms with Gasteiger partial charge in [0.05, 0.1) is 6.54 Å². The number of alkyl carbamates (subject to hydrolysis) is 1. The first kappa shape index (κ1) is 14.8. The Bertz CT molecular complexity index is 446. The number of ether oxygens (including phenoxy) is 1. The lowest BCUT2D eigenvalue weighted by atomic mass is 9.98. The van der Waals surface area contributed by atoms with E-state index in [1.807, 2.05) is 20.8 Å². The summed E-state index contributed by atoms with van der Waals surface area (Å²) in [6.45, 7) is 7.80. The number of piperidine rings is 1. The molecule has 2 rings (SSSR count). The number of nitrogens with zero attached hydrogens (tertiary/aromatic N) is 2.